The van der Waals surface area contributed by atoms with Gasteiger partial charge >= 0.3 is 0 Å². The van der Waals surface area contributed by atoms with Crippen LogP contribution in [0.5, 0.6) is 0 Å². The van der Waals surface area contributed by atoms with Gasteiger partial charge in [-0.2, -0.15) is 0 Å². The summed E-state index contributed by atoms with van der Waals surface area (Å²) < 4.78 is 6.30. The van der Waals surface area contributed by atoms with Crippen LogP contribution in [-0.4, -0.2) is 11.7 Å². The summed E-state index contributed by atoms with van der Waals surface area (Å²) in [6.45, 7) is 0. The molecular formula is C45H29N3O. The van der Waals surface area contributed by atoms with E-state index in [1.807, 2.05) is 18.2 Å². The highest BCUT2D eigenvalue weighted by Crippen LogP contribution is 2.40. The minimum Gasteiger partial charge on any atom is -0.456 e. The van der Waals surface area contributed by atoms with Gasteiger partial charge in [-0.1, -0.05) is 133 Å². The molecule has 1 unspecified atom stereocenters. The van der Waals surface area contributed by atoms with Gasteiger partial charge in [0.1, 0.15) is 23.2 Å². The Morgan fingerprint density at radius 3 is 2.04 bits per heavy atom. The van der Waals surface area contributed by atoms with E-state index >= 15 is 0 Å². The molecule has 2 heterocycles. The third kappa shape index (κ3) is 4.61. The molecule has 1 N–H and O–H groups in total. The van der Waals surface area contributed by atoms with Crippen LogP contribution < -0.4 is 5.32 Å². The molecule has 0 amide bonds. The van der Waals surface area contributed by atoms with Crippen molar-refractivity contribution in [2.75, 3.05) is 0 Å². The number of aliphatic imine (C=N–C) groups is 2. The molecule has 9 aromatic rings. The SMILES string of the molecule is c1ccc(C2N=C(c3cc(-c4cccc5oc6ccccc6c45)c4ccccc4c3)N=C(c3ccc4ccc5ccccc5c4c3)N2)cc1. The van der Waals surface area contributed by atoms with Gasteiger partial charge in [-0.3, -0.25) is 0 Å². The lowest BCUT2D eigenvalue weighted by Crippen LogP contribution is -2.33. The second-order valence-corrected chi connectivity index (χ2v) is 12.6. The summed E-state index contributed by atoms with van der Waals surface area (Å²) in [6, 6.07) is 57.5. The Balaban J connectivity index is 1.19. The van der Waals surface area contributed by atoms with E-state index in [4.69, 9.17) is 14.4 Å². The first-order valence-corrected chi connectivity index (χ1v) is 16.6. The minimum absolute atomic E-state index is 0.303. The van der Waals surface area contributed by atoms with Crippen molar-refractivity contribution in [2.45, 2.75) is 6.17 Å². The van der Waals surface area contributed by atoms with Crippen molar-refractivity contribution in [1.29, 1.82) is 0 Å². The van der Waals surface area contributed by atoms with Gasteiger partial charge in [0, 0.05) is 21.9 Å². The van der Waals surface area contributed by atoms with E-state index in [-0.39, 0.29) is 6.17 Å². The number of hydrogen-bond donors (Lipinski definition) is 1. The highest BCUT2D eigenvalue weighted by Gasteiger charge is 2.23. The molecule has 230 valence electrons. The summed E-state index contributed by atoms with van der Waals surface area (Å²) in [4.78, 5) is 10.5. The fourth-order valence-electron chi connectivity index (χ4n) is 7.34. The lowest BCUT2D eigenvalue weighted by molar-refractivity contribution is 0.669. The number of amidine groups is 2. The van der Waals surface area contributed by atoms with E-state index in [0.717, 1.165) is 61.0 Å². The number of nitrogens with zero attached hydrogens (tertiary/aromatic N) is 2. The maximum atomic E-state index is 6.30. The van der Waals surface area contributed by atoms with Crippen molar-refractivity contribution >= 4 is 65.9 Å². The van der Waals surface area contributed by atoms with Crippen molar-refractivity contribution in [3.63, 3.8) is 0 Å². The molecule has 0 bridgehead atoms. The van der Waals surface area contributed by atoms with Crippen molar-refractivity contribution < 1.29 is 4.42 Å². The third-order valence-electron chi connectivity index (χ3n) is 9.69. The molecule has 10 rings (SSSR count). The fourth-order valence-corrected chi connectivity index (χ4v) is 7.34. The average Bonchev–Trinajstić information content (AvgIpc) is 3.56. The Bertz CT molecular complexity index is 2810. The van der Waals surface area contributed by atoms with Crippen LogP contribution >= 0.6 is 0 Å². The minimum atomic E-state index is -0.303. The lowest BCUT2D eigenvalue weighted by atomic mass is 9.92. The normalized spacial score (nSPS) is 14.7. The molecule has 0 saturated heterocycles. The number of nitrogens with one attached hydrogen (secondary N) is 1. The van der Waals surface area contributed by atoms with Gasteiger partial charge in [0.15, 0.2) is 5.84 Å². The summed E-state index contributed by atoms with van der Waals surface area (Å²) in [5, 5.41) is 13.0. The molecule has 0 aliphatic carbocycles. The van der Waals surface area contributed by atoms with E-state index in [1.54, 1.807) is 0 Å². The van der Waals surface area contributed by atoms with Crippen LogP contribution in [0.1, 0.15) is 22.9 Å². The summed E-state index contributed by atoms with van der Waals surface area (Å²) in [5.41, 5.74) is 7.07. The summed E-state index contributed by atoms with van der Waals surface area (Å²) in [6.07, 6.45) is -0.303. The highest BCUT2D eigenvalue weighted by molar-refractivity contribution is 6.19. The van der Waals surface area contributed by atoms with Gasteiger partial charge in [-0.15, -0.1) is 0 Å². The van der Waals surface area contributed by atoms with E-state index in [0.29, 0.717) is 5.84 Å². The molecule has 1 aromatic heterocycles. The van der Waals surface area contributed by atoms with Crippen LogP contribution in [0.25, 0.3) is 65.4 Å². The first-order chi connectivity index (χ1) is 24.3. The molecule has 8 aromatic carbocycles. The molecule has 49 heavy (non-hydrogen) atoms. The molecule has 1 atom stereocenters. The standard InChI is InChI=1S/C45H29N3O/c1-2-12-30(13-3-1)43-46-44(32-24-23-29-22-21-28-11-4-6-15-34(28)38(29)26-32)48-45(47-43)33-25-31-14-5-7-16-35(31)39(27-33)36-18-10-20-41-42(36)37-17-8-9-19-40(37)49-41/h1-27,43H,(H,46,47,48). The zero-order chi connectivity index (χ0) is 32.3. The molecule has 4 heteroatoms. The second kappa shape index (κ2) is 11.0. The second-order valence-electron chi connectivity index (χ2n) is 12.6. The predicted molar refractivity (Wildman–Crippen MR) is 204 cm³/mol. The van der Waals surface area contributed by atoms with Crippen LogP contribution in [0, 0.1) is 0 Å². The van der Waals surface area contributed by atoms with E-state index in [9.17, 15) is 0 Å². The third-order valence-corrected chi connectivity index (χ3v) is 9.69. The number of furan rings is 1. The Morgan fingerprint density at radius 1 is 0.469 bits per heavy atom. The van der Waals surface area contributed by atoms with Crippen molar-refractivity contribution in [2.24, 2.45) is 9.98 Å². The first kappa shape index (κ1) is 27.6. The topological polar surface area (TPSA) is 49.9 Å². The zero-order valence-corrected chi connectivity index (χ0v) is 26.5. The maximum absolute atomic E-state index is 6.30. The average molecular weight is 628 g/mol. The monoisotopic (exact) mass is 627 g/mol. The number of hydrogen-bond acceptors (Lipinski definition) is 4. The van der Waals surface area contributed by atoms with Crippen LogP contribution in [0.3, 0.4) is 0 Å². The number of fused-ring (bicyclic) bond motifs is 7. The first-order valence-electron chi connectivity index (χ1n) is 16.6. The fraction of sp³-hybridized carbons (Fsp3) is 0.0222. The van der Waals surface area contributed by atoms with Gasteiger partial charge in [-0.25, -0.2) is 9.98 Å². The van der Waals surface area contributed by atoms with E-state index in [1.165, 1.54) is 26.9 Å². The lowest BCUT2D eigenvalue weighted by Gasteiger charge is -2.24. The molecule has 4 nitrogen and oxygen atoms in total. The Hall–Kier alpha value is -6.52. The Kier molecular flexibility index (Phi) is 6.21. The Morgan fingerprint density at radius 2 is 1.16 bits per heavy atom. The molecule has 0 fully saturated rings. The number of rotatable bonds is 4. The van der Waals surface area contributed by atoms with Crippen molar-refractivity contribution in [1.82, 2.24) is 5.32 Å². The predicted octanol–water partition coefficient (Wildman–Crippen LogP) is 11.2. The quantitative estimate of drug-likeness (QED) is 0.197. The molecule has 1 aliphatic rings. The van der Waals surface area contributed by atoms with Gasteiger partial charge < -0.3 is 9.73 Å². The van der Waals surface area contributed by atoms with Gasteiger partial charge in [-0.05, 0) is 79.3 Å². The number of para-hydroxylation sites is 1. The smallest absolute Gasteiger partial charge is 0.159 e. The number of benzene rings is 8. The van der Waals surface area contributed by atoms with Crippen LogP contribution in [0.15, 0.2) is 178 Å². The van der Waals surface area contributed by atoms with Gasteiger partial charge in [0.25, 0.3) is 0 Å². The molecule has 0 radical (unpaired) electrons. The largest absolute Gasteiger partial charge is 0.456 e. The van der Waals surface area contributed by atoms with Gasteiger partial charge in [0.2, 0.25) is 0 Å². The zero-order valence-electron chi connectivity index (χ0n) is 26.5. The summed E-state index contributed by atoms with van der Waals surface area (Å²) in [7, 11) is 0. The van der Waals surface area contributed by atoms with Crippen LogP contribution in [-0.2, 0) is 0 Å². The van der Waals surface area contributed by atoms with E-state index < -0.39 is 0 Å². The molecular weight excluding hydrogens is 599 g/mol. The highest BCUT2D eigenvalue weighted by atomic mass is 16.3. The summed E-state index contributed by atoms with van der Waals surface area (Å²) >= 11 is 0. The Labute approximate surface area is 282 Å². The van der Waals surface area contributed by atoms with Crippen LogP contribution in [0.4, 0.5) is 0 Å². The molecule has 0 saturated carbocycles. The summed E-state index contributed by atoms with van der Waals surface area (Å²) in [5.74, 6) is 1.49. The molecule has 0 spiro atoms. The van der Waals surface area contributed by atoms with Crippen LogP contribution in [0.2, 0.25) is 0 Å². The van der Waals surface area contributed by atoms with Crippen molar-refractivity contribution in [3.05, 3.63) is 180 Å². The maximum Gasteiger partial charge on any atom is 0.159 e. The molecule has 1 aliphatic heterocycles. The van der Waals surface area contributed by atoms with E-state index in [2.05, 4.69) is 151 Å². The van der Waals surface area contributed by atoms with Gasteiger partial charge in [0.05, 0.1) is 0 Å². The van der Waals surface area contributed by atoms with Crippen molar-refractivity contribution in [3.8, 4) is 11.1 Å².